The van der Waals surface area contributed by atoms with E-state index in [4.69, 9.17) is 10.8 Å². The van der Waals surface area contributed by atoms with E-state index in [9.17, 15) is 0 Å². The lowest BCUT2D eigenvalue weighted by Gasteiger charge is -2.16. The van der Waals surface area contributed by atoms with E-state index in [1.165, 1.54) is 5.39 Å². The Morgan fingerprint density at radius 2 is 1.47 bits per heavy atom. The van der Waals surface area contributed by atoms with Crippen molar-refractivity contribution in [1.82, 2.24) is 0 Å². The first-order chi connectivity index (χ1) is 6.79. The molecule has 2 aliphatic carbocycles. The maximum atomic E-state index is 7.78. The van der Waals surface area contributed by atoms with Crippen molar-refractivity contribution >= 4 is 10.8 Å². The average Bonchev–Trinajstić information content (AvgIpc) is 2.18. The van der Waals surface area contributed by atoms with Crippen LogP contribution in [0.2, 0.25) is 0 Å². The van der Waals surface area contributed by atoms with Gasteiger partial charge in [-0.15, -0.1) is 0 Å². The summed E-state index contributed by atoms with van der Waals surface area (Å²) in [6, 6.07) is 11.7. The van der Waals surface area contributed by atoms with Gasteiger partial charge in [0, 0.05) is 5.56 Å². The lowest BCUT2D eigenvalue weighted by molar-refractivity contribution is 0.824. The Bertz CT molecular complexity index is 678. The Morgan fingerprint density at radius 1 is 0.800 bits per heavy atom. The third kappa shape index (κ3) is 1.04. The Balaban J connectivity index is 0.000000853. The zero-order valence-corrected chi connectivity index (χ0v) is 7.96. The van der Waals surface area contributed by atoms with Gasteiger partial charge in [0.05, 0.1) is 10.7 Å². The highest BCUT2D eigenvalue weighted by Gasteiger charge is 2.16. The minimum absolute atomic E-state index is 0. The smallest absolute Gasteiger partial charge is 0.0874 e. The molecule has 0 spiro atoms. The molecule has 3 nitrogen and oxygen atoms in total. The fourth-order valence-corrected chi connectivity index (χ4v) is 1.98. The van der Waals surface area contributed by atoms with E-state index in [1.54, 1.807) is 6.07 Å². The highest BCUT2D eigenvalue weighted by atomic mass is 16.0. The fraction of sp³-hybridized carbons (Fsp3) is 0. The molecular formula is C12H10N2O. The Labute approximate surface area is 86.0 Å². The first-order valence-electron chi connectivity index (χ1n) is 4.49. The van der Waals surface area contributed by atoms with Crippen molar-refractivity contribution in [3.8, 4) is 11.1 Å². The Kier molecular flexibility index (Phi) is 1.91. The molecule has 0 aromatic heterocycles. The number of benzene rings is 2. The Morgan fingerprint density at radius 3 is 2.20 bits per heavy atom. The van der Waals surface area contributed by atoms with Gasteiger partial charge in [0.1, 0.15) is 0 Å². The quantitative estimate of drug-likeness (QED) is 0.539. The summed E-state index contributed by atoms with van der Waals surface area (Å²) < 4.78 is 0. The molecule has 0 bridgehead atoms. The summed E-state index contributed by atoms with van der Waals surface area (Å²) >= 11 is 0. The van der Waals surface area contributed by atoms with E-state index in [0.717, 1.165) is 16.5 Å². The largest absolute Gasteiger partial charge is 0.412 e. The van der Waals surface area contributed by atoms with Crippen LogP contribution in [0.3, 0.4) is 0 Å². The molecule has 3 rings (SSSR count). The van der Waals surface area contributed by atoms with Gasteiger partial charge in [0.15, 0.2) is 0 Å². The second kappa shape index (κ2) is 3.00. The highest BCUT2D eigenvalue weighted by molar-refractivity contribution is 6.13. The Hall–Kier alpha value is -2.00. The first kappa shape index (κ1) is 9.55. The van der Waals surface area contributed by atoms with Gasteiger partial charge in [-0.25, -0.2) is 0 Å². The summed E-state index contributed by atoms with van der Waals surface area (Å²) in [5.74, 6) is 0. The predicted molar refractivity (Wildman–Crippen MR) is 58.3 cm³/mol. The SMILES string of the molecule is N=c1ccc2c3ccccc3c-2c1=N.O. The number of rotatable bonds is 0. The number of hydrogen-bond donors (Lipinski definition) is 2. The van der Waals surface area contributed by atoms with Crippen LogP contribution >= 0.6 is 0 Å². The number of fused-ring (bicyclic) bond motifs is 4. The molecule has 0 unspecified atom stereocenters. The van der Waals surface area contributed by atoms with Crippen molar-refractivity contribution in [2.75, 3.05) is 0 Å². The van der Waals surface area contributed by atoms with E-state index in [0.29, 0.717) is 10.7 Å². The van der Waals surface area contributed by atoms with Gasteiger partial charge in [-0.1, -0.05) is 30.3 Å². The summed E-state index contributed by atoms with van der Waals surface area (Å²) in [6.45, 7) is 0. The van der Waals surface area contributed by atoms with Crippen molar-refractivity contribution in [1.29, 1.82) is 10.8 Å². The van der Waals surface area contributed by atoms with Gasteiger partial charge in [-0.3, -0.25) is 10.8 Å². The number of hydrogen-bond acceptors (Lipinski definition) is 2. The molecule has 0 saturated carbocycles. The third-order valence-corrected chi connectivity index (χ3v) is 2.69. The number of nitrogens with one attached hydrogen (secondary N) is 2. The van der Waals surface area contributed by atoms with Gasteiger partial charge in [-0.05, 0) is 22.4 Å². The normalized spacial score (nSPS) is 10.7. The molecule has 0 aliphatic heterocycles. The van der Waals surface area contributed by atoms with E-state index in [-0.39, 0.29) is 5.48 Å². The third-order valence-electron chi connectivity index (χ3n) is 2.69. The van der Waals surface area contributed by atoms with E-state index < -0.39 is 0 Å². The van der Waals surface area contributed by atoms with Crippen LogP contribution in [0.1, 0.15) is 0 Å². The topological polar surface area (TPSA) is 79.2 Å². The summed E-state index contributed by atoms with van der Waals surface area (Å²) in [6.07, 6.45) is 0. The summed E-state index contributed by atoms with van der Waals surface area (Å²) in [7, 11) is 0. The molecule has 0 heterocycles. The standard InChI is InChI=1S/C12H8N2.H2O/c13-10-6-5-9-7-3-1-2-4-8(7)11(9)12(10)14;/h1-6,13-14H;1H2. The van der Waals surface area contributed by atoms with Gasteiger partial charge in [0.2, 0.25) is 0 Å². The molecule has 4 N–H and O–H groups in total. The molecular weight excluding hydrogens is 188 g/mol. The zero-order chi connectivity index (χ0) is 9.71. The maximum Gasteiger partial charge on any atom is 0.0874 e. The van der Waals surface area contributed by atoms with Gasteiger partial charge < -0.3 is 5.48 Å². The van der Waals surface area contributed by atoms with Crippen molar-refractivity contribution in [3.05, 3.63) is 47.1 Å². The molecule has 2 aliphatic rings. The summed E-state index contributed by atoms with van der Waals surface area (Å²) in [5, 5.41) is 18.3. The summed E-state index contributed by atoms with van der Waals surface area (Å²) in [5.41, 5.74) is 2.05. The summed E-state index contributed by atoms with van der Waals surface area (Å²) in [4.78, 5) is 0. The van der Waals surface area contributed by atoms with Crippen LogP contribution in [0.4, 0.5) is 0 Å². The van der Waals surface area contributed by atoms with Gasteiger partial charge in [-0.2, -0.15) is 0 Å². The average molecular weight is 198 g/mol. The first-order valence-corrected chi connectivity index (χ1v) is 4.49. The molecule has 15 heavy (non-hydrogen) atoms. The molecule has 0 radical (unpaired) electrons. The molecule has 0 fully saturated rings. The van der Waals surface area contributed by atoms with Crippen LogP contribution in [-0.2, 0) is 0 Å². The molecule has 0 amide bonds. The lowest BCUT2D eigenvalue weighted by Crippen LogP contribution is -2.26. The van der Waals surface area contributed by atoms with E-state index in [1.807, 2.05) is 24.3 Å². The molecule has 74 valence electrons. The second-order valence-corrected chi connectivity index (χ2v) is 3.46. The molecule has 1 aromatic rings. The van der Waals surface area contributed by atoms with Crippen LogP contribution in [-0.4, -0.2) is 5.48 Å². The lowest BCUT2D eigenvalue weighted by atomic mass is 9.87. The second-order valence-electron chi connectivity index (χ2n) is 3.46. The molecule has 1 aromatic carbocycles. The van der Waals surface area contributed by atoms with Crippen molar-refractivity contribution < 1.29 is 5.48 Å². The van der Waals surface area contributed by atoms with Gasteiger partial charge in [0.25, 0.3) is 0 Å². The van der Waals surface area contributed by atoms with Crippen molar-refractivity contribution in [2.45, 2.75) is 0 Å². The van der Waals surface area contributed by atoms with Crippen LogP contribution in [0.5, 0.6) is 0 Å². The molecule has 0 saturated heterocycles. The van der Waals surface area contributed by atoms with Crippen LogP contribution in [0, 0.1) is 10.8 Å². The zero-order valence-electron chi connectivity index (χ0n) is 7.96. The monoisotopic (exact) mass is 198 g/mol. The fourth-order valence-electron chi connectivity index (χ4n) is 1.98. The van der Waals surface area contributed by atoms with Crippen LogP contribution in [0.15, 0.2) is 36.4 Å². The van der Waals surface area contributed by atoms with Crippen molar-refractivity contribution in [3.63, 3.8) is 0 Å². The minimum atomic E-state index is 0. The van der Waals surface area contributed by atoms with E-state index in [2.05, 4.69) is 6.07 Å². The van der Waals surface area contributed by atoms with Crippen molar-refractivity contribution in [2.24, 2.45) is 0 Å². The van der Waals surface area contributed by atoms with Crippen LogP contribution in [0.25, 0.3) is 21.9 Å². The molecule has 3 heteroatoms. The van der Waals surface area contributed by atoms with Gasteiger partial charge >= 0.3 is 0 Å². The molecule has 0 atom stereocenters. The predicted octanol–water partition coefficient (Wildman–Crippen LogP) is 0.954. The van der Waals surface area contributed by atoms with E-state index >= 15 is 0 Å². The minimum Gasteiger partial charge on any atom is -0.412 e. The highest BCUT2D eigenvalue weighted by Crippen LogP contribution is 2.37. The maximum absolute atomic E-state index is 7.78. The van der Waals surface area contributed by atoms with Crippen LogP contribution < -0.4 is 10.7 Å².